The van der Waals surface area contributed by atoms with Crippen molar-refractivity contribution < 1.29 is 4.42 Å². The van der Waals surface area contributed by atoms with Gasteiger partial charge < -0.3 is 9.73 Å². The van der Waals surface area contributed by atoms with Crippen molar-refractivity contribution in [3.05, 3.63) is 48.1 Å². The van der Waals surface area contributed by atoms with E-state index in [1.54, 1.807) is 0 Å². The largest absolute Gasteiger partial charge is 0.439 e. The summed E-state index contributed by atoms with van der Waals surface area (Å²) in [6.07, 6.45) is 3.94. The van der Waals surface area contributed by atoms with Crippen LogP contribution < -0.4 is 5.32 Å². The Morgan fingerprint density at radius 2 is 2.10 bits per heavy atom. The van der Waals surface area contributed by atoms with E-state index in [1.165, 1.54) is 5.56 Å². The summed E-state index contributed by atoms with van der Waals surface area (Å²) >= 11 is 0. The summed E-state index contributed by atoms with van der Waals surface area (Å²) in [5, 5.41) is 7.81. The summed E-state index contributed by atoms with van der Waals surface area (Å²) in [4.78, 5) is 4.47. The van der Waals surface area contributed by atoms with Crippen molar-refractivity contribution in [2.24, 2.45) is 0 Å². The lowest BCUT2D eigenvalue weighted by Gasteiger charge is -2.21. The van der Waals surface area contributed by atoms with Crippen molar-refractivity contribution in [1.29, 1.82) is 0 Å². The van der Waals surface area contributed by atoms with E-state index >= 15 is 0 Å². The molecule has 2 atom stereocenters. The lowest BCUT2D eigenvalue weighted by molar-refractivity contribution is 0.350. The van der Waals surface area contributed by atoms with Gasteiger partial charge in [-0.2, -0.15) is 5.10 Å². The molecule has 0 amide bonds. The Morgan fingerprint density at radius 3 is 2.81 bits per heavy atom. The zero-order chi connectivity index (χ0) is 14.8. The maximum Gasteiger partial charge on any atom is 0.209 e. The first kappa shape index (κ1) is 13.8. The smallest absolute Gasteiger partial charge is 0.209 e. The third kappa shape index (κ3) is 2.97. The topological polar surface area (TPSA) is 55.9 Å². The molecule has 0 aliphatic carbocycles. The van der Waals surface area contributed by atoms with E-state index in [0.29, 0.717) is 12.4 Å². The number of fused-ring (bicyclic) bond motifs is 1. The zero-order valence-corrected chi connectivity index (χ0v) is 12.6. The van der Waals surface area contributed by atoms with Crippen LogP contribution in [0.4, 0.5) is 0 Å². The Balaban J connectivity index is 1.63. The van der Waals surface area contributed by atoms with Gasteiger partial charge in [0.05, 0.1) is 18.8 Å². The Hall–Kier alpha value is -2.14. The van der Waals surface area contributed by atoms with E-state index < -0.39 is 0 Å². The minimum atomic E-state index is 0.263. The van der Waals surface area contributed by atoms with Crippen LogP contribution in [0.2, 0.25) is 0 Å². The van der Waals surface area contributed by atoms with Crippen LogP contribution >= 0.6 is 0 Å². The van der Waals surface area contributed by atoms with Gasteiger partial charge in [-0.25, -0.2) is 4.98 Å². The van der Waals surface area contributed by atoms with Gasteiger partial charge >= 0.3 is 0 Å². The van der Waals surface area contributed by atoms with Gasteiger partial charge in [0.15, 0.2) is 5.58 Å². The normalized spacial score (nSPS) is 14.4. The monoisotopic (exact) mass is 284 g/mol. The number of aromatic nitrogens is 3. The highest BCUT2D eigenvalue weighted by atomic mass is 16.3. The summed E-state index contributed by atoms with van der Waals surface area (Å²) in [5.74, 6) is 0.715. The van der Waals surface area contributed by atoms with Crippen molar-refractivity contribution in [2.75, 3.05) is 0 Å². The van der Waals surface area contributed by atoms with Gasteiger partial charge in [0, 0.05) is 12.2 Å². The minimum Gasteiger partial charge on any atom is -0.439 e. The molecule has 0 saturated heterocycles. The number of hydrogen-bond donors (Lipinski definition) is 1. The molecule has 0 aliphatic heterocycles. The number of rotatable bonds is 5. The summed E-state index contributed by atoms with van der Waals surface area (Å²) in [5.41, 5.74) is 2.91. The van der Waals surface area contributed by atoms with Crippen LogP contribution in [0.25, 0.3) is 11.1 Å². The molecule has 0 bridgehead atoms. The van der Waals surface area contributed by atoms with Crippen molar-refractivity contribution >= 4 is 11.1 Å². The number of nitrogens with one attached hydrogen (secondary N) is 1. The predicted molar refractivity (Wildman–Crippen MR) is 82.0 cm³/mol. The third-order valence-corrected chi connectivity index (χ3v) is 3.78. The Bertz CT molecular complexity index is 698. The molecule has 21 heavy (non-hydrogen) atoms. The van der Waals surface area contributed by atoms with Gasteiger partial charge in [0.25, 0.3) is 0 Å². The van der Waals surface area contributed by atoms with Crippen LogP contribution in [0.3, 0.4) is 0 Å². The van der Waals surface area contributed by atoms with Gasteiger partial charge in [0.1, 0.15) is 5.52 Å². The van der Waals surface area contributed by atoms with Gasteiger partial charge in [0.2, 0.25) is 5.89 Å². The lowest BCUT2D eigenvalue weighted by Crippen LogP contribution is -2.33. The number of para-hydroxylation sites is 2. The van der Waals surface area contributed by atoms with Crippen LogP contribution in [-0.4, -0.2) is 20.8 Å². The Labute approximate surface area is 124 Å². The van der Waals surface area contributed by atoms with Crippen LogP contribution in [0.15, 0.2) is 41.1 Å². The Morgan fingerprint density at radius 1 is 1.29 bits per heavy atom. The van der Waals surface area contributed by atoms with Gasteiger partial charge in [-0.1, -0.05) is 12.1 Å². The average molecular weight is 284 g/mol. The predicted octanol–water partition coefficient (Wildman–Crippen LogP) is 3.07. The van der Waals surface area contributed by atoms with E-state index in [-0.39, 0.29) is 12.1 Å². The molecule has 110 valence electrons. The first-order valence-corrected chi connectivity index (χ1v) is 7.22. The maximum atomic E-state index is 5.71. The molecule has 0 radical (unpaired) electrons. The molecule has 0 saturated carbocycles. The molecule has 0 fully saturated rings. The number of benzene rings is 1. The lowest BCUT2D eigenvalue weighted by atomic mass is 10.2. The Kier molecular flexibility index (Phi) is 3.75. The van der Waals surface area contributed by atoms with E-state index in [1.807, 2.05) is 42.1 Å². The van der Waals surface area contributed by atoms with Crippen LogP contribution in [0.1, 0.15) is 31.3 Å². The molecule has 3 rings (SSSR count). The molecule has 2 heterocycles. The SMILES string of the molecule is Cc1cnn([C@H](C)[C@H](C)NCc2nc3ccccc3o2)c1. The molecule has 3 aromatic rings. The zero-order valence-electron chi connectivity index (χ0n) is 12.6. The summed E-state index contributed by atoms with van der Waals surface area (Å²) < 4.78 is 7.70. The highest BCUT2D eigenvalue weighted by Gasteiger charge is 2.15. The highest BCUT2D eigenvalue weighted by molar-refractivity contribution is 5.72. The molecule has 2 aromatic heterocycles. The first-order valence-electron chi connectivity index (χ1n) is 7.22. The quantitative estimate of drug-likeness (QED) is 0.782. The van der Waals surface area contributed by atoms with E-state index in [2.05, 4.69) is 35.4 Å². The maximum absolute atomic E-state index is 5.71. The summed E-state index contributed by atoms with van der Waals surface area (Å²) in [7, 11) is 0. The van der Waals surface area contributed by atoms with Gasteiger partial charge in [-0.3, -0.25) is 4.68 Å². The fraction of sp³-hybridized carbons (Fsp3) is 0.375. The standard InChI is InChI=1S/C16H20N4O/c1-11-8-18-20(10-11)13(3)12(2)17-9-16-19-14-6-4-5-7-15(14)21-16/h4-8,10,12-13,17H,9H2,1-3H3/t12-,13+/m0/s1. The molecule has 0 spiro atoms. The third-order valence-electron chi connectivity index (χ3n) is 3.78. The molecular weight excluding hydrogens is 264 g/mol. The molecule has 1 aromatic carbocycles. The fourth-order valence-corrected chi connectivity index (χ4v) is 2.30. The summed E-state index contributed by atoms with van der Waals surface area (Å²) in [6, 6.07) is 8.34. The molecular formula is C16H20N4O. The van der Waals surface area contributed by atoms with E-state index in [4.69, 9.17) is 4.42 Å². The second-order valence-corrected chi connectivity index (χ2v) is 5.48. The fourth-order valence-electron chi connectivity index (χ4n) is 2.30. The van der Waals surface area contributed by atoms with Crippen molar-refractivity contribution in [3.63, 3.8) is 0 Å². The van der Waals surface area contributed by atoms with Crippen molar-refractivity contribution in [1.82, 2.24) is 20.1 Å². The van der Waals surface area contributed by atoms with Gasteiger partial charge in [-0.15, -0.1) is 0 Å². The molecule has 0 unspecified atom stereocenters. The first-order chi connectivity index (χ1) is 10.1. The van der Waals surface area contributed by atoms with Crippen molar-refractivity contribution in [3.8, 4) is 0 Å². The highest BCUT2D eigenvalue weighted by Crippen LogP contribution is 2.16. The number of aryl methyl sites for hydroxylation is 1. The number of nitrogens with zero attached hydrogens (tertiary/aromatic N) is 3. The number of hydrogen-bond acceptors (Lipinski definition) is 4. The summed E-state index contributed by atoms with van der Waals surface area (Å²) in [6.45, 7) is 6.95. The van der Waals surface area contributed by atoms with Crippen LogP contribution in [-0.2, 0) is 6.54 Å². The molecule has 1 N–H and O–H groups in total. The minimum absolute atomic E-state index is 0.263. The van der Waals surface area contributed by atoms with Gasteiger partial charge in [-0.05, 0) is 38.5 Å². The van der Waals surface area contributed by atoms with E-state index in [0.717, 1.165) is 11.1 Å². The van der Waals surface area contributed by atoms with E-state index in [9.17, 15) is 0 Å². The molecule has 5 heteroatoms. The van der Waals surface area contributed by atoms with Crippen molar-refractivity contribution in [2.45, 2.75) is 39.4 Å². The average Bonchev–Trinajstić information content (AvgIpc) is 3.09. The van der Waals surface area contributed by atoms with Crippen LogP contribution in [0, 0.1) is 6.92 Å². The molecule has 0 aliphatic rings. The second kappa shape index (κ2) is 5.69. The second-order valence-electron chi connectivity index (χ2n) is 5.48. The molecule has 5 nitrogen and oxygen atoms in total. The van der Waals surface area contributed by atoms with Crippen LogP contribution in [0.5, 0.6) is 0 Å². The number of oxazole rings is 1.